The third-order valence-electron chi connectivity index (χ3n) is 3.07. The SMILES string of the molecule is O=C(Cn1ccc2c(Br)cccc21)Nc1ccc(Br)cn1. The summed E-state index contributed by atoms with van der Waals surface area (Å²) in [5.41, 5.74) is 1.02. The Morgan fingerprint density at radius 2 is 2.05 bits per heavy atom. The smallest absolute Gasteiger partial charge is 0.245 e. The van der Waals surface area contributed by atoms with Crippen LogP contribution < -0.4 is 5.32 Å². The van der Waals surface area contributed by atoms with Gasteiger partial charge in [0.2, 0.25) is 5.91 Å². The van der Waals surface area contributed by atoms with Crippen molar-refractivity contribution in [3.8, 4) is 0 Å². The van der Waals surface area contributed by atoms with Crippen molar-refractivity contribution < 1.29 is 4.79 Å². The topological polar surface area (TPSA) is 46.9 Å². The summed E-state index contributed by atoms with van der Waals surface area (Å²) in [6, 6.07) is 11.5. The molecule has 1 aromatic carbocycles. The van der Waals surface area contributed by atoms with Crippen molar-refractivity contribution in [1.29, 1.82) is 0 Å². The molecule has 0 radical (unpaired) electrons. The number of nitrogens with one attached hydrogen (secondary N) is 1. The zero-order valence-electron chi connectivity index (χ0n) is 10.9. The maximum Gasteiger partial charge on any atom is 0.245 e. The van der Waals surface area contributed by atoms with Gasteiger partial charge in [-0.05, 0) is 46.3 Å². The normalized spacial score (nSPS) is 10.8. The number of amides is 1. The summed E-state index contributed by atoms with van der Waals surface area (Å²) in [5.74, 6) is 0.433. The van der Waals surface area contributed by atoms with Gasteiger partial charge in [0.25, 0.3) is 0 Å². The molecular formula is C15H11Br2N3O. The van der Waals surface area contributed by atoms with E-state index in [4.69, 9.17) is 0 Å². The van der Waals surface area contributed by atoms with Crippen molar-refractivity contribution in [3.63, 3.8) is 0 Å². The quantitative estimate of drug-likeness (QED) is 0.705. The van der Waals surface area contributed by atoms with Crippen LogP contribution in [0.3, 0.4) is 0 Å². The first-order valence-corrected chi connectivity index (χ1v) is 7.87. The molecule has 3 rings (SSSR count). The Morgan fingerprint density at radius 3 is 2.81 bits per heavy atom. The Hall–Kier alpha value is -1.66. The first kappa shape index (κ1) is 14.3. The molecule has 6 heteroatoms. The predicted molar refractivity (Wildman–Crippen MR) is 90.2 cm³/mol. The molecule has 0 bridgehead atoms. The molecule has 4 nitrogen and oxygen atoms in total. The Labute approximate surface area is 138 Å². The van der Waals surface area contributed by atoms with E-state index >= 15 is 0 Å². The molecule has 0 saturated carbocycles. The molecule has 21 heavy (non-hydrogen) atoms. The fraction of sp³-hybridized carbons (Fsp3) is 0.0667. The summed E-state index contributed by atoms with van der Waals surface area (Å²) < 4.78 is 3.81. The maximum atomic E-state index is 12.1. The van der Waals surface area contributed by atoms with Crippen LogP contribution in [-0.2, 0) is 11.3 Å². The number of nitrogens with zero attached hydrogens (tertiary/aromatic N) is 2. The van der Waals surface area contributed by atoms with Crippen LogP contribution in [0.4, 0.5) is 5.82 Å². The highest BCUT2D eigenvalue weighted by Gasteiger charge is 2.08. The first-order chi connectivity index (χ1) is 10.1. The number of pyridine rings is 1. The van der Waals surface area contributed by atoms with Crippen LogP contribution in [0, 0.1) is 0 Å². The number of aromatic nitrogens is 2. The van der Waals surface area contributed by atoms with Crippen LogP contribution in [0.2, 0.25) is 0 Å². The number of rotatable bonds is 3. The fourth-order valence-corrected chi connectivity index (χ4v) is 2.83. The molecule has 0 aliphatic heterocycles. The fourth-order valence-electron chi connectivity index (χ4n) is 2.11. The molecule has 0 aliphatic carbocycles. The largest absolute Gasteiger partial charge is 0.338 e. The van der Waals surface area contributed by atoms with Gasteiger partial charge in [-0.15, -0.1) is 0 Å². The summed E-state index contributed by atoms with van der Waals surface area (Å²) in [4.78, 5) is 16.2. The van der Waals surface area contributed by atoms with E-state index in [0.717, 1.165) is 19.8 Å². The maximum absolute atomic E-state index is 12.1. The molecule has 0 unspecified atom stereocenters. The summed E-state index contributed by atoms with van der Waals surface area (Å²) in [5, 5.41) is 3.87. The van der Waals surface area contributed by atoms with Gasteiger partial charge >= 0.3 is 0 Å². The van der Waals surface area contributed by atoms with Crippen molar-refractivity contribution in [2.24, 2.45) is 0 Å². The lowest BCUT2D eigenvalue weighted by Gasteiger charge is -2.07. The molecule has 0 aliphatic rings. The number of hydrogen-bond donors (Lipinski definition) is 1. The van der Waals surface area contributed by atoms with E-state index in [9.17, 15) is 4.79 Å². The molecule has 0 fully saturated rings. The van der Waals surface area contributed by atoms with Crippen LogP contribution in [-0.4, -0.2) is 15.5 Å². The molecule has 1 N–H and O–H groups in total. The zero-order valence-corrected chi connectivity index (χ0v) is 14.1. The highest BCUT2D eigenvalue weighted by atomic mass is 79.9. The Kier molecular flexibility index (Phi) is 4.07. The van der Waals surface area contributed by atoms with Gasteiger partial charge in [0.1, 0.15) is 12.4 Å². The molecule has 106 valence electrons. The highest BCUT2D eigenvalue weighted by molar-refractivity contribution is 9.11. The van der Waals surface area contributed by atoms with Crippen LogP contribution in [0.15, 0.2) is 57.7 Å². The Bertz CT molecular complexity index is 796. The number of benzene rings is 1. The lowest BCUT2D eigenvalue weighted by Crippen LogP contribution is -2.18. The molecule has 2 heterocycles. The van der Waals surface area contributed by atoms with E-state index in [1.54, 1.807) is 12.3 Å². The van der Waals surface area contributed by atoms with Crippen LogP contribution in [0.25, 0.3) is 10.9 Å². The van der Waals surface area contributed by atoms with Crippen molar-refractivity contribution in [3.05, 3.63) is 57.7 Å². The molecule has 1 amide bonds. The number of halogens is 2. The van der Waals surface area contributed by atoms with Crippen molar-refractivity contribution in [2.45, 2.75) is 6.54 Å². The summed E-state index contributed by atoms with van der Waals surface area (Å²) >= 11 is 6.82. The minimum Gasteiger partial charge on any atom is -0.338 e. The Balaban J connectivity index is 1.77. The predicted octanol–water partition coefficient (Wildman–Crippen LogP) is 4.20. The van der Waals surface area contributed by atoms with Gasteiger partial charge in [0.05, 0.1) is 0 Å². The first-order valence-electron chi connectivity index (χ1n) is 6.28. The number of carbonyl (C=O) groups is 1. The standard InChI is InChI=1S/C15H11Br2N3O/c16-10-4-5-14(18-8-10)19-15(21)9-20-7-6-11-12(17)2-1-3-13(11)20/h1-8H,9H2,(H,18,19,21). The summed E-state index contributed by atoms with van der Waals surface area (Å²) in [6.07, 6.45) is 3.56. The number of hydrogen-bond acceptors (Lipinski definition) is 2. The van der Waals surface area contributed by atoms with Gasteiger partial charge in [-0.1, -0.05) is 22.0 Å². The average Bonchev–Trinajstić information content (AvgIpc) is 2.86. The average molecular weight is 409 g/mol. The van der Waals surface area contributed by atoms with Gasteiger partial charge < -0.3 is 9.88 Å². The zero-order chi connectivity index (χ0) is 14.8. The van der Waals surface area contributed by atoms with Gasteiger partial charge in [-0.25, -0.2) is 4.98 Å². The molecule has 0 saturated heterocycles. The van der Waals surface area contributed by atoms with Gasteiger partial charge in [-0.3, -0.25) is 4.79 Å². The number of fused-ring (bicyclic) bond motifs is 1. The lowest BCUT2D eigenvalue weighted by molar-refractivity contribution is -0.116. The lowest BCUT2D eigenvalue weighted by atomic mass is 10.2. The molecule has 0 spiro atoms. The van der Waals surface area contributed by atoms with Gasteiger partial charge in [0, 0.05) is 32.2 Å². The second-order valence-corrected chi connectivity index (χ2v) is 6.30. The second-order valence-electron chi connectivity index (χ2n) is 4.53. The van der Waals surface area contributed by atoms with Crippen molar-refractivity contribution in [1.82, 2.24) is 9.55 Å². The van der Waals surface area contributed by atoms with Gasteiger partial charge in [0.15, 0.2) is 0 Å². The van der Waals surface area contributed by atoms with E-state index in [1.807, 2.05) is 41.1 Å². The molecule has 3 aromatic rings. The molecule has 2 aromatic heterocycles. The van der Waals surface area contributed by atoms with Crippen molar-refractivity contribution >= 4 is 54.5 Å². The molecular weight excluding hydrogens is 398 g/mol. The van der Waals surface area contributed by atoms with Crippen molar-refractivity contribution in [2.75, 3.05) is 5.32 Å². The van der Waals surface area contributed by atoms with Crippen LogP contribution >= 0.6 is 31.9 Å². The van der Waals surface area contributed by atoms with Crippen LogP contribution in [0.1, 0.15) is 0 Å². The number of anilines is 1. The molecule has 0 atom stereocenters. The number of carbonyl (C=O) groups excluding carboxylic acids is 1. The second kappa shape index (κ2) is 5.99. The summed E-state index contributed by atoms with van der Waals surface area (Å²) in [6.45, 7) is 0.248. The monoisotopic (exact) mass is 407 g/mol. The minimum atomic E-state index is -0.109. The van der Waals surface area contributed by atoms with Gasteiger partial charge in [-0.2, -0.15) is 0 Å². The Morgan fingerprint density at radius 1 is 1.19 bits per heavy atom. The van der Waals surface area contributed by atoms with E-state index < -0.39 is 0 Å². The third kappa shape index (κ3) is 3.16. The minimum absolute atomic E-state index is 0.109. The highest BCUT2D eigenvalue weighted by Crippen LogP contribution is 2.24. The van der Waals surface area contributed by atoms with E-state index in [-0.39, 0.29) is 12.5 Å². The van der Waals surface area contributed by atoms with E-state index in [1.165, 1.54) is 0 Å². The van der Waals surface area contributed by atoms with Crippen LogP contribution in [0.5, 0.6) is 0 Å². The van der Waals surface area contributed by atoms with E-state index in [2.05, 4.69) is 42.2 Å². The van der Waals surface area contributed by atoms with E-state index in [0.29, 0.717) is 5.82 Å². The summed E-state index contributed by atoms with van der Waals surface area (Å²) in [7, 11) is 0. The third-order valence-corrected chi connectivity index (χ3v) is 4.23.